The molecule has 1 saturated carbocycles. The highest BCUT2D eigenvalue weighted by atomic mass is 79.9. The number of esters is 1. The number of thiol groups is 1. The van der Waals surface area contributed by atoms with Crippen molar-refractivity contribution in [3.8, 4) is 0 Å². The maximum atomic E-state index is 11.8. The van der Waals surface area contributed by atoms with Crippen LogP contribution in [-0.2, 0) is 4.74 Å². The minimum absolute atomic E-state index is 0.269. The normalized spacial score (nSPS) is 16.1. The van der Waals surface area contributed by atoms with Crippen LogP contribution in [-0.4, -0.2) is 12.6 Å². The largest absolute Gasteiger partial charge is 0.462 e. The van der Waals surface area contributed by atoms with E-state index in [9.17, 15) is 4.79 Å². The molecule has 1 aliphatic rings. The highest BCUT2D eigenvalue weighted by molar-refractivity contribution is 9.10. The van der Waals surface area contributed by atoms with Crippen molar-refractivity contribution >= 4 is 34.5 Å². The molecule has 0 unspecified atom stereocenters. The van der Waals surface area contributed by atoms with Gasteiger partial charge in [-0.15, -0.1) is 12.6 Å². The Morgan fingerprint density at radius 2 is 2.12 bits per heavy atom. The molecule has 0 heterocycles. The Morgan fingerprint density at radius 1 is 1.41 bits per heavy atom. The van der Waals surface area contributed by atoms with E-state index in [1.165, 1.54) is 25.7 Å². The third kappa shape index (κ3) is 3.49. The SMILES string of the molecule is O=C(OCC1CCCC1)c1ccc(Br)cc1S. The molecule has 1 aliphatic carbocycles. The molecule has 0 spiro atoms. The van der Waals surface area contributed by atoms with Gasteiger partial charge >= 0.3 is 5.97 Å². The summed E-state index contributed by atoms with van der Waals surface area (Å²) in [7, 11) is 0. The summed E-state index contributed by atoms with van der Waals surface area (Å²) in [4.78, 5) is 12.5. The zero-order valence-electron chi connectivity index (χ0n) is 9.49. The first-order chi connectivity index (χ1) is 8.16. The van der Waals surface area contributed by atoms with Crippen LogP contribution in [0.1, 0.15) is 36.0 Å². The van der Waals surface area contributed by atoms with Gasteiger partial charge in [0.2, 0.25) is 0 Å². The maximum absolute atomic E-state index is 11.8. The summed E-state index contributed by atoms with van der Waals surface area (Å²) in [6.07, 6.45) is 4.89. The second-order valence-electron chi connectivity index (χ2n) is 4.41. The van der Waals surface area contributed by atoms with Crippen LogP contribution in [0.15, 0.2) is 27.6 Å². The Bertz CT molecular complexity index is 414. The molecule has 0 atom stereocenters. The fraction of sp³-hybridized carbons (Fsp3) is 0.462. The molecule has 0 saturated heterocycles. The van der Waals surface area contributed by atoms with E-state index in [-0.39, 0.29) is 5.97 Å². The van der Waals surface area contributed by atoms with Crippen molar-refractivity contribution in [1.29, 1.82) is 0 Å². The van der Waals surface area contributed by atoms with E-state index >= 15 is 0 Å². The zero-order chi connectivity index (χ0) is 12.3. The minimum Gasteiger partial charge on any atom is -0.462 e. The fourth-order valence-electron chi connectivity index (χ4n) is 2.13. The highest BCUT2D eigenvalue weighted by Gasteiger charge is 2.18. The monoisotopic (exact) mass is 314 g/mol. The lowest BCUT2D eigenvalue weighted by molar-refractivity contribution is 0.0438. The van der Waals surface area contributed by atoms with Crippen molar-refractivity contribution in [2.24, 2.45) is 5.92 Å². The first-order valence-corrected chi connectivity index (χ1v) is 7.06. The lowest BCUT2D eigenvalue weighted by atomic mass is 10.1. The molecule has 2 rings (SSSR count). The molecule has 1 aromatic rings. The molecule has 4 heteroatoms. The van der Waals surface area contributed by atoms with Gasteiger partial charge in [0, 0.05) is 9.37 Å². The molecule has 1 fully saturated rings. The molecule has 92 valence electrons. The van der Waals surface area contributed by atoms with Crippen LogP contribution in [0.3, 0.4) is 0 Å². The van der Waals surface area contributed by atoms with Gasteiger partial charge < -0.3 is 4.74 Å². The molecule has 0 bridgehead atoms. The second-order valence-corrected chi connectivity index (χ2v) is 5.81. The highest BCUT2D eigenvalue weighted by Crippen LogP contribution is 2.26. The maximum Gasteiger partial charge on any atom is 0.339 e. The van der Waals surface area contributed by atoms with Gasteiger partial charge in [-0.1, -0.05) is 28.8 Å². The molecular weight excluding hydrogens is 300 g/mol. The minimum atomic E-state index is -0.269. The summed E-state index contributed by atoms with van der Waals surface area (Å²) in [5.41, 5.74) is 0.537. The Balaban J connectivity index is 1.94. The van der Waals surface area contributed by atoms with E-state index in [0.717, 1.165) is 4.47 Å². The topological polar surface area (TPSA) is 26.3 Å². The number of ether oxygens (including phenoxy) is 1. The van der Waals surface area contributed by atoms with Crippen LogP contribution < -0.4 is 0 Å². The average Bonchev–Trinajstić information content (AvgIpc) is 2.78. The number of halogens is 1. The Hall–Kier alpha value is -0.480. The fourth-order valence-corrected chi connectivity index (χ4v) is 2.97. The molecule has 0 amide bonds. The van der Waals surface area contributed by atoms with E-state index in [4.69, 9.17) is 4.74 Å². The summed E-state index contributed by atoms with van der Waals surface area (Å²) in [6.45, 7) is 0.544. The third-order valence-electron chi connectivity index (χ3n) is 3.10. The van der Waals surface area contributed by atoms with Gasteiger partial charge in [-0.25, -0.2) is 4.79 Å². The number of hydrogen-bond acceptors (Lipinski definition) is 3. The molecule has 1 aromatic carbocycles. The van der Waals surface area contributed by atoms with Gasteiger partial charge in [0.15, 0.2) is 0 Å². The van der Waals surface area contributed by atoms with Gasteiger partial charge in [-0.3, -0.25) is 0 Å². The predicted molar refractivity (Wildman–Crippen MR) is 73.6 cm³/mol. The summed E-state index contributed by atoms with van der Waals surface area (Å²) in [5.74, 6) is 0.284. The summed E-state index contributed by atoms with van der Waals surface area (Å²) in [6, 6.07) is 5.37. The summed E-state index contributed by atoms with van der Waals surface area (Å²) >= 11 is 7.62. The van der Waals surface area contributed by atoms with E-state index in [0.29, 0.717) is 23.0 Å². The number of carbonyl (C=O) groups is 1. The van der Waals surface area contributed by atoms with E-state index in [1.807, 2.05) is 6.07 Å². The predicted octanol–water partition coefficient (Wildman–Crippen LogP) is 4.08. The molecule has 2 nitrogen and oxygen atoms in total. The van der Waals surface area contributed by atoms with Crippen molar-refractivity contribution in [3.05, 3.63) is 28.2 Å². The van der Waals surface area contributed by atoms with Gasteiger partial charge in [-0.2, -0.15) is 0 Å². The number of hydrogen-bond donors (Lipinski definition) is 1. The van der Waals surface area contributed by atoms with Gasteiger partial charge in [0.1, 0.15) is 0 Å². The molecular formula is C13H15BrO2S. The average molecular weight is 315 g/mol. The quantitative estimate of drug-likeness (QED) is 0.672. The van der Waals surface area contributed by atoms with E-state index in [2.05, 4.69) is 28.6 Å². The first-order valence-electron chi connectivity index (χ1n) is 5.82. The van der Waals surface area contributed by atoms with Crippen LogP contribution in [0.5, 0.6) is 0 Å². The molecule has 17 heavy (non-hydrogen) atoms. The Morgan fingerprint density at radius 3 is 2.76 bits per heavy atom. The summed E-state index contributed by atoms with van der Waals surface area (Å²) in [5, 5.41) is 0. The first kappa shape index (κ1) is 13.0. The molecule has 0 aliphatic heterocycles. The Kier molecular flexibility index (Phi) is 4.51. The number of carbonyl (C=O) groups excluding carboxylic acids is 1. The van der Waals surface area contributed by atoms with E-state index < -0.39 is 0 Å². The van der Waals surface area contributed by atoms with Crippen LogP contribution in [0.2, 0.25) is 0 Å². The van der Waals surface area contributed by atoms with Crippen molar-refractivity contribution < 1.29 is 9.53 Å². The van der Waals surface area contributed by atoms with Crippen LogP contribution in [0, 0.1) is 5.92 Å². The molecule has 0 N–H and O–H groups in total. The molecule has 0 radical (unpaired) electrons. The van der Waals surface area contributed by atoms with E-state index in [1.54, 1.807) is 12.1 Å². The lowest BCUT2D eigenvalue weighted by Gasteiger charge is -2.11. The lowest BCUT2D eigenvalue weighted by Crippen LogP contribution is -2.12. The Labute approximate surface area is 115 Å². The van der Waals surface area contributed by atoms with Crippen molar-refractivity contribution in [2.45, 2.75) is 30.6 Å². The third-order valence-corrected chi connectivity index (χ3v) is 3.97. The van der Waals surface area contributed by atoms with Crippen LogP contribution >= 0.6 is 28.6 Å². The van der Waals surface area contributed by atoms with Gasteiger partial charge in [-0.05, 0) is 37.0 Å². The van der Waals surface area contributed by atoms with Crippen LogP contribution in [0.4, 0.5) is 0 Å². The van der Waals surface area contributed by atoms with Crippen molar-refractivity contribution in [3.63, 3.8) is 0 Å². The number of rotatable bonds is 3. The van der Waals surface area contributed by atoms with Gasteiger partial charge in [0.05, 0.1) is 12.2 Å². The zero-order valence-corrected chi connectivity index (χ0v) is 12.0. The standard InChI is InChI=1S/C13H15BrO2S/c14-10-5-6-11(12(17)7-10)13(15)16-8-9-3-1-2-4-9/h5-7,9,17H,1-4,8H2. The van der Waals surface area contributed by atoms with Crippen molar-refractivity contribution in [2.75, 3.05) is 6.61 Å². The van der Waals surface area contributed by atoms with Crippen LogP contribution in [0.25, 0.3) is 0 Å². The van der Waals surface area contributed by atoms with Crippen molar-refractivity contribution in [1.82, 2.24) is 0 Å². The summed E-state index contributed by atoms with van der Waals surface area (Å²) < 4.78 is 6.24. The number of benzene rings is 1. The van der Waals surface area contributed by atoms with Gasteiger partial charge in [0.25, 0.3) is 0 Å². The smallest absolute Gasteiger partial charge is 0.339 e. The second kappa shape index (κ2) is 5.91. The molecule has 0 aromatic heterocycles.